The molecule has 0 aromatic carbocycles. The van der Waals surface area contributed by atoms with Crippen LogP contribution in [0.4, 0.5) is 5.82 Å². The second-order valence-electron chi connectivity index (χ2n) is 5.37. The molecule has 0 spiro atoms. The molecule has 1 saturated heterocycles. The van der Waals surface area contributed by atoms with Crippen LogP contribution in [0.15, 0.2) is 0 Å². The van der Waals surface area contributed by atoms with Crippen molar-refractivity contribution in [1.29, 1.82) is 0 Å². The summed E-state index contributed by atoms with van der Waals surface area (Å²) < 4.78 is 1.55. The molecule has 110 valence electrons. The second-order valence-corrected chi connectivity index (χ2v) is 5.37. The third kappa shape index (κ3) is 2.23. The molecule has 0 saturated carbocycles. The number of carboxylic acids is 1. The first-order valence-corrected chi connectivity index (χ1v) is 6.67. The Morgan fingerprint density at radius 1 is 1.45 bits per heavy atom. The van der Waals surface area contributed by atoms with Gasteiger partial charge in [0, 0.05) is 13.6 Å². The molecule has 7 nitrogen and oxygen atoms in total. The predicted octanol–water partition coefficient (Wildman–Crippen LogP) is 0.517. The zero-order chi connectivity index (χ0) is 15.0. The normalized spacial score (nSPS) is 22.9. The minimum absolute atomic E-state index is 0.0113. The van der Waals surface area contributed by atoms with Gasteiger partial charge in [0.15, 0.2) is 0 Å². The number of carbonyl (C=O) groups is 2. The number of rotatable bonds is 3. The third-order valence-corrected chi connectivity index (χ3v) is 3.90. The van der Waals surface area contributed by atoms with Crippen molar-refractivity contribution in [3.8, 4) is 0 Å². The highest BCUT2D eigenvalue weighted by Gasteiger charge is 2.37. The van der Waals surface area contributed by atoms with E-state index < -0.39 is 17.9 Å². The Bertz CT molecular complexity index is 552. The smallest absolute Gasteiger partial charge is 0.326 e. The molecule has 0 aliphatic carbocycles. The number of primary amides is 1. The maximum Gasteiger partial charge on any atom is 0.326 e. The maximum atomic E-state index is 11.7. The Labute approximate surface area is 117 Å². The van der Waals surface area contributed by atoms with E-state index in [0.717, 1.165) is 12.8 Å². The summed E-state index contributed by atoms with van der Waals surface area (Å²) in [7, 11) is 1.70. The lowest BCUT2D eigenvalue weighted by atomic mass is 9.90. The molecule has 2 unspecified atom stereocenters. The number of carbonyl (C=O) groups excluding carboxylic acids is 1. The number of amides is 1. The molecule has 1 fully saturated rings. The summed E-state index contributed by atoms with van der Waals surface area (Å²) in [5, 5.41) is 13.7. The number of aliphatic carboxylic acids is 1. The second kappa shape index (κ2) is 5.15. The fourth-order valence-corrected chi connectivity index (χ4v) is 3.07. The van der Waals surface area contributed by atoms with Crippen LogP contribution in [-0.2, 0) is 11.8 Å². The minimum Gasteiger partial charge on any atom is -0.480 e. The van der Waals surface area contributed by atoms with E-state index in [1.165, 1.54) is 0 Å². The number of hydrogen-bond donors (Lipinski definition) is 2. The molecular formula is C13H20N4O3. The summed E-state index contributed by atoms with van der Waals surface area (Å²) in [5.41, 5.74) is 6.26. The third-order valence-electron chi connectivity index (χ3n) is 3.90. The van der Waals surface area contributed by atoms with Gasteiger partial charge in [-0.1, -0.05) is 6.92 Å². The lowest BCUT2D eigenvalue weighted by molar-refractivity contribution is -0.140. The van der Waals surface area contributed by atoms with Crippen LogP contribution in [0.1, 0.15) is 35.8 Å². The molecule has 1 aromatic rings. The first kappa shape index (κ1) is 14.4. The quantitative estimate of drug-likeness (QED) is 0.840. The fourth-order valence-electron chi connectivity index (χ4n) is 3.07. The van der Waals surface area contributed by atoms with Crippen molar-refractivity contribution in [3.05, 3.63) is 11.3 Å². The number of aryl methyl sites for hydroxylation is 2. The van der Waals surface area contributed by atoms with Crippen molar-refractivity contribution in [1.82, 2.24) is 9.78 Å². The van der Waals surface area contributed by atoms with Crippen LogP contribution in [0.3, 0.4) is 0 Å². The van der Waals surface area contributed by atoms with Crippen molar-refractivity contribution < 1.29 is 14.7 Å². The van der Waals surface area contributed by atoms with Crippen LogP contribution >= 0.6 is 0 Å². The van der Waals surface area contributed by atoms with E-state index in [2.05, 4.69) is 5.10 Å². The Kier molecular flexibility index (Phi) is 3.69. The van der Waals surface area contributed by atoms with Crippen LogP contribution in [0.25, 0.3) is 0 Å². The minimum atomic E-state index is -0.883. The molecule has 20 heavy (non-hydrogen) atoms. The van der Waals surface area contributed by atoms with Gasteiger partial charge in [-0.15, -0.1) is 0 Å². The summed E-state index contributed by atoms with van der Waals surface area (Å²) >= 11 is 0. The molecule has 1 aliphatic heterocycles. The van der Waals surface area contributed by atoms with Crippen molar-refractivity contribution in [2.75, 3.05) is 11.4 Å². The van der Waals surface area contributed by atoms with Gasteiger partial charge in [-0.05, 0) is 25.7 Å². The first-order chi connectivity index (χ1) is 9.34. The van der Waals surface area contributed by atoms with Gasteiger partial charge in [0.2, 0.25) is 0 Å². The topological polar surface area (TPSA) is 101 Å². The van der Waals surface area contributed by atoms with Crippen molar-refractivity contribution in [2.24, 2.45) is 18.7 Å². The first-order valence-electron chi connectivity index (χ1n) is 6.67. The number of anilines is 1. The molecule has 0 bridgehead atoms. The summed E-state index contributed by atoms with van der Waals surface area (Å²) in [5.74, 6) is -0.939. The van der Waals surface area contributed by atoms with E-state index in [1.54, 1.807) is 23.6 Å². The van der Waals surface area contributed by atoms with E-state index in [9.17, 15) is 14.7 Å². The van der Waals surface area contributed by atoms with Gasteiger partial charge < -0.3 is 15.7 Å². The van der Waals surface area contributed by atoms with Crippen LogP contribution in [0.5, 0.6) is 0 Å². The number of carboxylic acid groups (broad SMARTS) is 1. The van der Waals surface area contributed by atoms with E-state index in [0.29, 0.717) is 23.6 Å². The summed E-state index contributed by atoms with van der Waals surface area (Å²) in [4.78, 5) is 25.0. The molecule has 1 aromatic heterocycles. The van der Waals surface area contributed by atoms with Crippen molar-refractivity contribution in [2.45, 2.75) is 32.7 Å². The van der Waals surface area contributed by atoms with Crippen LogP contribution < -0.4 is 10.6 Å². The molecule has 2 rings (SSSR count). The molecule has 1 amide bonds. The van der Waals surface area contributed by atoms with Gasteiger partial charge in [0.1, 0.15) is 17.4 Å². The number of piperidine rings is 1. The lowest BCUT2D eigenvalue weighted by Gasteiger charge is -2.38. The van der Waals surface area contributed by atoms with Gasteiger partial charge in [-0.2, -0.15) is 5.10 Å². The molecule has 0 radical (unpaired) electrons. The zero-order valence-electron chi connectivity index (χ0n) is 12.0. The molecule has 2 atom stereocenters. The molecule has 1 aliphatic rings. The zero-order valence-corrected chi connectivity index (χ0v) is 12.0. The van der Waals surface area contributed by atoms with E-state index in [1.807, 2.05) is 6.92 Å². The van der Waals surface area contributed by atoms with Gasteiger partial charge in [-0.3, -0.25) is 9.48 Å². The van der Waals surface area contributed by atoms with Crippen molar-refractivity contribution in [3.63, 3.8) is 0 Å². The SMILES string of the molecule is Cc1nn(C)c(N2CCCC(C)C2C(=O)O)c1C(N)=O. The number of nitrogens with zero attached hydrogens (tertiary/aromatic N) is 3. The average molecular weight is 280 g/mol. The van der Waals surface area contributed by atoms with Gasteiger partial charge in [-0.25, -0.2) is 4.79 Å². The number of hydrogen-bond acceptors (Lipinski definition) is 4. The molecular weight excluding hydrogens is 260 g/mol. The van der Waals surface area contributed by atoms with Gasteiger partial charge in [0.25, 0.3) is 5.91 Å². The van der Waals surface area contributed by atoms with Gasteiger partial charge in [0.05, 0.1) is 5.69 Å². The fraction of sp³-hybridized carbons (Fsp3) is 0.615. The van der Waals surface area contributed by atoms with Crippen LogP contribution in [0, 0.1) is 12.8 Å². The Balaban J connectivity index is 2.53. The molecule has 3 N–H and O–H groups in total. The average Bonchev–Trinajstić information content (AvgIpc) is 2.63. The summed E-state index contributed by atoms with van der Waals surface area (Å²) in [6.45, 7) is 4.20. The Morgan fingerprint density at radius 3 is 2.65 bits per heavy atom. The lowest BCUT2D eigenvalue weighted by Crippen LogP contribution is -2.50. The number of nitrogens with two attached hydrogens (primary N) is 1. The monoisotopic (exact) mass is 280 g/mol. The van der Waals surface area contributed by atoms with E-state index in [4.69, 9.17) is 5.73 Å². The van der Waals surface area contributed by atoms with Crippen LogP contribution in [0.2, 0.25) is 0 Å². The highest BCUT2D eigenvalue weighted by Crippen LogP contribution is 2.32. The van der Waals surface area contributed by atoms with E-state index in [-0.39, 0.29) is 5.92 Å². The van der Waals surface area contributed by atoms with Crippen molar-refractivity contribution >= 4 is 17.7 Å². The van der Waals surface area contributed by atoms with Crippen LogP contribution in [-0.4, -0.2) is 39.4 Å². The maximum absolute atomic E-state index is 11.7. The number of aromatic nitrogens is 2. The molecule has 2 heterocycles. The van der Waals surface area contributed by atoms with Gasteiger partial charge >= 0.3 is 5.97 Å². The summed E-state index contributed by atoms with van der Waals surface area (Å²) in [6.07, 6.45) is 1.74. The Morgan fingerprint density at radius 2 is 2.10 bits per heavy atom. The highest BCUT2D eigenvalue weighted by atomic mass is 16.4. The summed E-state index contributed by atoms with van der Waals surface area (Å²) in [6, 6.07) is -0.656. The standard InChI is InChI=1S/C13H20N4O3/c1-7-5-4-6-17(10(7)13(19)20)12-9(11(14)18)8(2)15-16(12)3/h7,10H,4-6H2,1-3H3,(H2,14,18)(H,19,20). The van der Waals surface area contributed by atoms with E-state index >= 15 is 0 Å². The largest absolute Gasteiger partial charge is 0.480 e. The predicted molar refractivity (Wildman–Crippen MR) is 73.6 cm³/mol. The highest BCUT2D eigenvalue weighted by molar-refractivity contribution is 5.99. The molecule has 7 heteroatoms. The Hall–Kier alpha value is -2.05.